The van der Waals surface area contributed by atoms with Crippen molar-refractivity contribution in [1.29, 1.82) is 0 Å². The van der Waals surface area contributed by atoms with Gasteiger partial charge in [0.25, 0.3) is 0 Å². The van der Waals surface area contributed by atoms with Crippen LogP contribution in [0.5, 0.6) is 0 Å². The molecule has 2 rings (SSSR count). The predicted octanol–water partition coefficient (Wildman–Crippen LogP) is 0.505. The molecule has 0 saturated carbocycles. The largest absolute Gasteiger partial charge is 0.380 e. The highest BCUT2D eigenvalue weighted by Crippen LogP contribution is 2.12. The quantitative estimate of drug-likeness (QED) is 0.656. The van der Waals surface area contributed by atoms with Gasteiger partial charge in [-0.2, -0.15) is 0 Å². The summed E-state index contributed by atoms with van der Waals surface area (Å²) in [4.78, 5) is 0. The SMILES string of the molecule is C[C@@H]1C[C@H](N[C@H]2CCOC2)CCN1. The lowest BCUT2D eigenvalue weighted by molar-refractivity contribution is 0.185. The first-order chi connectivity index (χ1) is 6.34. The van der Waals surface area contributed by atoms with Gasteiger partial charge in [-0.3, -0.25) is 0 Å². The lowest BCUT2D eigenvalue weighted by atomic mass is 9.99. The van der Waals surface area contributed by atoms with E-state index in [4.69, 9.17) is 4.74 Å². The third kappa shape index (κ3) is 2.66. The Morgan fingerprint density at radius 1 is 1.31 bits per heavy atom. The molecule has 0 aromatic carbocycles. The Morgan fingerprint density at radius 2 is 2.23 bits per heavy atom. The van der Waals surface area contributed by atoms with Crippen LogP contribution in [0.3, 0.4) is 0 Å². The normalized spacial score (nSPS) is 40.8. The van der Waals surface area contributed by atoms with E-state index < -0.39 is 0 Å². The zero-order valence-electron chi connectivity index (χ0n) is 8.38. The molecule has 3 heteroatoms. The van der Waals surface area contributed by atoms with Crippen LogP contribution in [-0.4, -0.2) is 37.9 Å². The van der Waals surface area contributed by atoms with Crippen molar-refractivity contribution in [2.75, 3.05) is 19.8 Å². The molecular weight excluding hydrogens is 164 g/mol. The summed E-state index contributed by atoms with van der Waals surface area (Å²) in [6.07, 6.45) is 3.72. The van der Waals surface area contributed by atoms with Gasteiger partial charge in [0, 0.05) is 24.7 Å². The topological polar surface area (TPSA) is 33.3 Å². The highest BCUT2D eigenvalue weighted by molar-refractivity contribution is 4.83. The fraction of sp³-hybridized carbons (Fsp3) is 1.00. The number of nitrogens with one attached hydrogen (secondary N) is 2. The number of ether oxygens (including phenoxy) is 1. The molecule has 2 N–H and O–H groups in total. The summed E-state index contributed by atoms with van der Waals surface area (Å²) in [5.41, 5.74) is 0. The van der Waals surface area contributed by atoms with Gasteiger partial charge >= 0.3 is 0 Å². The minimum atomic E-state index is 0.621. The smallest absolute Gasteiger partial charge is 0.0620 e. The second-order valence-electron chi connectivity index (χ2n) is 4.30. The molecule has 3 atom stereocenters. The van der Waals surface area contributed by atoms with E-state index in [9.17, 15) is 0 Å². The van der Waals surface area contributed by atoms with Crippen LogP contribution in [0.25, 0.3) is 0 Å². The molecular formula is C10H20N2O. The highest BCUT2D eigenvalue weighted by atomic mass is 16.5. The van der Waals surface area contributed by atoms with Gasteiger partial charge in [0.15, 0.2) is 0 Å². The standard InChI is InChI=1S/C10H20N2O/c1-8-6-9(2-4-11-8)12-10-3-5-13-7-10/h8-12H,2-7H2,1H3/t8-,9-,10+/m1/s1. The molecule has 0 aliphatic carbocycles. The first-order valence-corrected chi connectivity index (χ1v) is 5.42. The summed E-state index contributed by atoms with van der Waals surface area (Å²) in [6, 6.07) is 2.01. The van der Waals surface area contributed by atoms with Crippen molar-refractivity contribution >= 4 is 0 Å². The molecule has 2 aliphatic rings. The van der Waals surface area contributed by atoms with Crippen molar-refractivity contribution in [3.63, 3.8) is 0 Å². The van der Waals surface area contributed by atoms with Crippen LogP contribution in [0.15, 0.2) is 0 Å². The fourth-order valence-corrected chi connectivity index (χ4v) is 2.28. The lowest BCUT2D eigenvalue weighted by Gasteiger charge is -2.30. The van der Waals surface area contributed by atoms with Gasteiger partial charge in [-0.05, 0) is 32.7 Å². The Bertz CT molecular complexity index is 157. The lowest BCUT2D eigenvalue weighted by Crippen LogP contribution is -2.48. The van der Waals surface area contributed by atoms with E-state index in [-0.39, 0.29) is 0 Å². The molecule has 76 valence electrons. The summed E-state index contributed by atoms with van der Waals surface area (Å²) in [6.45, 7) is 5.28. The van der Waals surface area contributed by atoms with E-state index >= 15 is 0 Å². The molecule has 2 aliphatic heterocycles. The van der Waals surface area contributed by atoms with E-state index in [1.165, 1.54) is 19.3 Å². The molecule has 2 heterocycles. The third-order valence-electron chi connectivity index (χ3n) is 3.02. The van der Waals surface area contributed by atoms with Gasteiger partial charge in [-0.25, -0.2) is 0 Å². The van der Waals surface area contributed by atoms with Crippen LogP contribution >= 0.6 is 0 Å². The number of rotatable bonds is 2. The summed E-state index contributed by atoms with van der Waals surface area (Å²) < 4.78 is 5.35. The summed E-state index contributed by atoms with van der Waals surface area (Å²) >= 11 is 0. The first kappa shape index (κ1) is 9.44. The molecule has 0 bridgehead atoms. The van der Waals surface area contributed by atoms with Gasteiger partial charge < -0.3 is 15.4 Å². The van der Waals surface area contributed by atoms with Gasteiger partial charge in [0.2, 0.25) is 0 Å². The van der Waals surface area contributed by atoms with Crippen molar-refractivity contribution in [3.05, 3.63) is 0 Å². The van der Waals surface area contributed by atoms with E-state index in [1.54, 1.807) is 0 Å². The van der Waals surface area contributed by atoms with Crippen LogP contribution in [-0.2, 0) is 4.74 Å². The Labute approximate surface area is 80.2 Å². The molecule has 0 aromatic rings. The molecule has 2 fully saturated rings. The number of piperidine rings is 1. The van der Waals surface area contributed by atoms with E-state index in [0.29, 0.717) is 18.1 Å². The van der Waals surface area contributed by atoms with Gasteiger partial charge in [-0.15, -0.1) is 0 Å². The summed E-state index contributed by atoms with van der Waals surface area (Å²) in [5.74, 6) is 0. The Kier molecular flexibility index (Phi) is 3.19. The Balaban J connectivity index is 1.73. The van der Waals surface area contributed by atoms with Crippen LogP contribution in [0, 0.1) is 0 Å². The minimum absolute atomic E-state index is 0.621. The zero-order chi connectivity index (χ0) is 9.10. The monoisotopic (exact) mass is 184 g/mol. The summed E-state index contributed by atoms with van der Waals surface area (Å²) in [7, 11) is 0. The fourth-order valence-electron chi connectivity index (χ4n) is 2.28. The first-order valence-electron chi connectivity index (χ1n) is 5.42. The molecule has 0 radical (unpaired) electrons. The maximum absolute atomic E-state index is 5.35. The van der Waals surface area contributed by atoms with E-state index in [0.717, 1.165) is 19.8 Å². The Morgan fingerprint density at radius 3 is 2.92 bits per heavy atom. The van der Waals surface area contributed by atoms with Crippen LogP contribution in [0.1, 0.15) is 26.2 Å². The third-order valence-corrected chi connectivity index (χ3v) is 3.02. The van der Waals surface area contributed by atoms with Crippen molar-refractivity contribution in [3.8, 4) is 0 Å². The average molecular weight is 184 g/mol. The molecule has 3 nitrogen and oxygen atoms in total. The summed E-state index contributed by atoms with van der Waals surface area (Å²) in [5, 5.41) is 7.15. The molecule has 13 heavy (non-hydrogen) atoms. The second kappa shape index (κ2) is 4.40. The zero-order valence-corrected chi connectivity index (χ0v) is 8.38. The van der Waals surface area contributed by atoms with Crippen molar-refractivity contribution in [2.24, 2.45) is 0 Å². The van der Waals surface area contributed by atoms with E-state index in [1.807, 2.05) is 0 Å². The van der Waals surface area contributed by atoms with E-state index in [2.05, 4.69) is 17.6 Å². The van der Waals surface area contributed by atoms with Crippen molar-refractivity contribution in [2.45, 2.75) is 44.3 Å². The molecule has 0 amide bonds. The molecule has 0 aromatic heterocycles. The predicted molar refractivity (Wildman–Crippen MR) is 52.8 cm³/mol. The van der Waals surface area contributed by atoms with Gasteiger partial charge in [0.1, 0.15) is 0 Å². The van der Waals surface area contributed by atoms with Crippen molar-refractivity contribution < 1.29 is 4.74 Å². The van der Waals surface area contributed by atoms with Gasteiger partial charge in [-0.1, -0.05) is 0 Å². The van der Waals surface area contributed by atoms with Crippen LogP contribution in [0.4, 0.5) is 0 Å². The molecule has 0 unspecified atom stereocenters. The van der Waals surface area contributed by atoms with Crippen molar-refractivity contribution in [1.82, 2.24) is 10.6 Å². The second-order valence-corrected chi connectivity index (χ2v) is 4.30. The maximum atomic E-state index is 5.35. The van der Waals surface area contributed by atoms with Gasteiger partial charge in [0.05, 0.1) is 6.61 Å². The minimum Gasteiger partial charge on any atom is -0.380 e. The molecule has 2 saturated heterocycles. The van der Waals surface area contributed by atoms with Crippen LogP contribution in [0.2, 0.25) is 0 Å². The number of hydrogen-bond donors (Lipinski definition) is 2. The Hall–Kier alpha value is -0.120. The van der Waals surface area contributed by atoms with Crippen LogP contribution < -0.4 is 10.6 Å². The number of hydrogen-bond acceptors (Lipinski definition) is 3. The molecule has 0 spiro atoms. The maximum Gasteiger partial charge on any atom is 0.0620 e. The average Bonchev–Trinajstić information content (AvgIpc) is 2.57. The highest BCUT2D eigenvalue weighted by Gasteiger charge is 2.23.